The zero-order chi connectivity index (χ0) is 14.6. The lowest BCUT2D eigenvalue weighted by Crippen LogP contribution is -2.34. The van der Waals surface area contributed by atoms with Crippen molar-refractivity contribution < 1.29 is 8.42 Å². The Balaban J connectivity index is 2.06. The van der Waals surface area contributed by atoms with E-state index in [1.165, 1.54) is 0 Å². The van der Waals surface area contributed by atoms with Gasteiger partial charge in [-0.3, -0.25) is 0 Å². The van der Waals surface area contributed by atoms with Crippen molar-refractivity contribution in [2.24, 2.45) is 0 Å². The third-order valence-corrected chi connectivity index (χ3v) is 5.19. The number of benzene rings is 2. The minimum atomic E-state index is -3.45. The summed E-state index contributed by atoms with van der Waals surface area (Å²) in [7, 11) is -3.45. The lowest BCUT2D eigenvalue weighted by atomic mass is 10.1. The van der Waals surface area contributed by atoms with Gasteiger partial charge < -0.3 is 0 Å². The first-order valence-corrected chi connectivity index (χ1v) is 8.85. The van der Waals surface area contributed by atoms with Crippen LogP contribution in [0.4, 0.5) is 0 Å². The molecule has 0 aromatic heterocycles. The van der Waals surface area contributed by atoms with Crippen molar-refractivity contribution in [3.63, 3.8) is 0 Å². The van der Waals surface area contributed by atoms with Crippen molar-refractivity contribution in [2.75, 3.05) is 0 Å². The van der Waals surface area contributed by atoms with Crippen molar-refractivity contribution in [1.29, 1.82) is 0 Å². The molecule has 2 rings (SSSR count). The number of hydrogen-bond donors (Lipinski definition) is 1. The maximum Gasteiger partial charge on any atom is 0.240 e. The van der Waals surface area contributed by atoms with Gasteiger partial charge in [-0.1, -0.05) is 30.3 Å². The second kappa shape index (κ2) is 6.69. The molecule has 0 saturated heterocycles. The summed E-state index contributed by atoms with van der Waals surface area (Å²) in [6.45, 7) is 1.87. The quantitative estimate of drug-likeness (QED) is 0.783. The molecule has 3 nitrogen and oxygen atoms in total. The lowest BCUT2D eigenvalue weighted by molar-refractivity contribution is 0.560. The molecule has 0 spiro atoms. The van der Waals surface area contributed by atoms with Gasteiger partial charge in [-0.05, 0) is 65.8 Å². The SMILES string of the molecule is C[C@@H](Cc1ccccc1)NS(=O)(=O)c1ccc(I)cc1. The van der Waals surface area contributed by atoms with Crippen LogP contribution in [-0.4, -0.2) is 14.5 Å². The van der Waals surface area contributed by atoms with Gasteiger partial charge in [0.25, 0.3) is 0 Å². The van der Waals surface area contributed by atoms with E-state index in [9.17, 15) is 8.42 Å². The average molecular weight is 401 g/mol. The first kappa shape index (κ1) is 15.5. The zero-order valence-corrected chi connectivity index (χ0v) is 14.1. The van der Waals surface area contributed by atoms with Gasteiger partial charge in [0.05, 0.1) is 4.90 Å². The van der Waals surface area contributed by atoms with Crippen molar-refractivity contribution in [1.82, 2.24) is 4.72 Å². The molecule has 0 aliphatic heterocycles. The summed E-state index contributed by atoms with van der Waals surface area (Å²) in [4.78, 5) is 0.304. The summed E-state index contributed by atoms with van der Waals surface area (Å²) in [6.07, 6.45) is 0.671. The van der Waals surface area contributed by atoms with E-state index in [1.807, 2.05) is 37.3 Å². The molecule has 2 aromatic rings. The number of nitrogens with one attached hydrogen (secondary N) is 1. The molecule has 5 heteroatoms. The Morgan fingerprint density at radius 3 is 2.25 bits per heavy atom. The molecule has 0 saturated carbocycles. The van der Waals surface area contributed by atoms with Gasteiger partial charge in [-0.15, -0.1) is 0 Å². The zero-order valence-electron chi connectivity index (χ0n) is 11.1. The number of rotatable bonds is 5. The van der Waals surface area contributed by atoms with Crippen LogP contribution in [-0.2, 0) is 16.4 Å². The molecule has 0 aliphatic rings. The van der Waals surface area contributed by atoms with Crippen LogP contribution < -0.4 is 4.72 Å². The third kappa shape index (κ3) is 4.29. The van der Waals surface area contributed by atoms with Crippen molar-refractivity contribution >= 4 is 32.6 Å². The van der Waals surface area contributed by atoms with Crippen LogP contribution >= 0.6 is 22.6 Å². The fraction of sp³-hybridized carbons (Fsp3) is 0.200. The summed E-state index contributed by atoms with van der Waals surface area (Å²) in [6, 6.07) is 16.5. The molecule has 1 atom stereocenters. The fourth-order valence-corrected chi connectivity index (χ4v) is 3.56. The highest BCUT2D eigenvalue weighted by atomic mass is 127. The summed E-state index contributed by atoms with van der Waals surface area (Å²) < 4.78 is 28.2. The highest BCUT2D eigenvalue weighted by Gasteiger charge is 2.17. The summed E-state index contributed by atoms with van der Waals surface area (Å²) in [5.41, 5.74) is 1.12. The monoisotopic (exact) mass is 401 g/mol. The standard InChI is InChI=1S/C15H16INO2S/c1-12(11-13-5-3-2-4-6-13)17-20(18,19)15-9-7-14(16)8-10-15/h2-10,12,17H,11H2,1H3/t12-/m0/s1. The predicted octanol–water partition coefficient (Wildman–Crippen LogP) is 3.20. The average Bonchev–Trinajstić information content (AvgIpc) is 2.39. The maximum atomic E-state index is 12.2. The van der Waals surface area contributed by atoms with Gasteiger partial charge in [-0.25, -0.2) is 13.1 Å². The molecule has 20 heavy (non-hydrogen) atoms. The van der Waals surface area contributed by atoms with Gasteiger partial charge in [0.1, 0.15) is 0 Å². The van der Waals surface area contributed by atoms with Crippen LogP contribution in [0.5, 0.6) is 0 Å². The third-order valence-electron chi connectivity index (χ3n) is 2.86. The number of hydrogen-bond acceptors (Lipinski definition) is 2. The molecule has 2 aromatic carbocycles. The van der Waals surface area contributed by atoms with Crippen LogP contribution in [0.25, 0.3) is 0 Å². The minimum Gasteiger partial charge on any atom is -0.208 e. The van der Waals surface area contributed by atoms with Gasteiger partial charge in [0.2, 0.25) is 10.0 Å². The summed E-state index contributed by atoms with van der Waals surface area (Å²) in [5.74, 6) is 0. The van der Waals surface area contributed by atoms with E-state index >= 15 is 0 Å². The Bertz CT molecular complexity index is 654. The number of sulfonamides is 1. The van der Waals surface area contributed by atoms with Crippen molar-refractivity contribution in [3.05, 3.63) is 63.7 Å². The Morgan fingerprint density at radius 2 is 1.65 bits per heavy atom. The molecule has 0 unspecified atom stereocenters. The van der Waals surface area contributed by atoms with Crippen molar-refractivity contribution in [3.8, 4) is 0 Å². The Kier molecular flexibility index (Phi) is 5.17. The summed E-state index contributed by atoms with van der Waals surface area (Å²) >= 11 is 2.15. The van der Waals surface area contributed by atoms with Gasteiger partial charge in [0, 0.05) is 9.61 Å². The second-order valence-electron chi connectivity index (χ2n) is 4.67. The first-order valence-electron chi connectivity index (χ1n) is 6.29. The summed E-state index contributed by atoms with van der Waals surface area (Å²) in [5, 5.41) is 0. The van der Waals surface area contributed by atoms with Crippen LogP contribution in [0.15, 0.2) is 59.5 Å². The molecule has 0 bridgehead atoms. The lowest BCUT2D eigenvalue weighted by Gasteiger charge is -2.14. The normalized spacial score (nSPS) is 13.1. The van der Waals surface area contributed by atoms with E-state index in [4.69, 9.17) is 0 Å². The molecule has 0 heterocycles. The smallest absolute Gasteiger partial charge is 0.208 e. The number of halogens is 1. The molecular formula is C15H16INO2S. The van der Waals surface area contributed by atoms with E-state index in [2.05, 4.69) is 27.3 Å². The van der Waals surface area contributed by atoms with Crippen molar-refractivity contribution in [2.45, 2.75) is 24.3 Å². The molecule has 0 fully saturated rings. The van der Waals surface area contributed by atoms with Gasteiger partial charge in [-0.2, -0.15) is 0 Å². The van der Waals surface area contributed by atoms with E-state index in [-0.39, 0.29) is 6.04 Å². The fourth-order valence-electron chi connectivity index (χ4n) is 1.96. The van der Waals surface area contributed by atoms with E-state index in [0.29, 0.717) is 11.3 Å². The van der Waals surface area contributed by atoms with Crippen LogP contribution in [0, 0.1) is 3.57 Å². The predicted molar refractivity (Wildman–Crippen MR) is 89.1 cm³/mol. The Morgan fingerprint density at radius 1 is 1.05 bits per heavy atom. The first-order chi connectivity index (χ1) is 9.47. The molecule has 106 valence electrons. The maximum absolute atomic E-state index is 12.2. The second-order valence-corrected chi connectivity index (χ2v) is 7.63. The Labute approximate surface area is 133 Å². The highest BCUT2D eigenvalue weighted by molar-refractivity contribution is 14.1. The van der Waals surface area contributed by atoms with Gasteiger partial charge in [0.15, 0.2) is 0 Å². The van der Waals surface area contributed by atoms with E-state index in [1.54, 1.807) is 24.3 Å². The van der Waals surface area contributed by atoms with E-state index in [0.717, 1.165) is 9.13 Å². The molecular weight excluding hydrogens is 385 g/mol. The largest absolute Gasteiger partial charge is 0.240 e. The van der Waals surface area contributed by atoms with Gasteiger partial charge >= 0.3 is 0 Å². The Hall–Kier alpha value is -0.920. The molecule has 0 radical (unpaired) electrons. The molecule has 1 N–H and O–H groups in total. The molecule has 0 amide bonds. The van der Waals surface area contributed by atoms with Crippen LogP contribution in [0.1, 0.15) is 12.5 Å². The highest BCUT2D eigenvalue weighted by Crippen LogP contribution is 2.13. The topological polar surface area (TPSA) is 46.2 Å². The van der Waals surface area contributed by atoms with E-state index < -0.39 is 10.0 Å². The van der Waals surface area contributed by atoms with Crippen LogP contribution in [0.2, 0.25) is 0 Å². The molecule has 0 aliphatic carbocycles. The van der Waals surface area contributed by atoms with Crippen LogP contribution in [0.3, 0.4) is 0 Å². The minimum absolute atomic E-state index is 0.151.